The molecular formula is C16H21N3. The van der Waals surface area contributed by atoms with Crippen LogP contribution in [0.15, 0.2) is 30.3 Å². The molecule has 0 spiro atoms. The molecule has 100 valence electrons. The van der Waals surface area contributed by atoms with E-state index < -0.39 is 0 Å². The second kappa shape index (κ2) is 5.17. The van der Waals surface area contributed by atoms with Crippen LogP contribution in [0.4, 0.5) is 0 Å². The minimum atomic E-state index is 0.525. The topological polar surface area (TPSA) is 31.9 Å². The van der Waals surface area contributed by atoms with Gasteiger partial charge in [0, 0.05) is 17.3 Å². The van der Waals surface area contributed by atoms with Crippen LogP contribution in [0.25, 0.3) is 11.3 Å². The summed E-state index contributed by atoms with van der Waals surface area (Å²) in [6.07, 6.45) is 2.68. The molecule has 1 aromatic carbocycles. The number of nitrogens with zero attached hydrogens (tertiary/aromatic N) is 2. The number of hydrogen-bond donors (Lipinski definition) is 1. The van der Waals surface area contributed by atoms with Crippen LogP contribution in [0.2, 0.25) is 0 Å². The Morgan fingerprint density at radius 1 is 1.16 bits per heavy atom. The number of aryl methyl sites for hydroxylation is 1. The van der Waals surface area contributed by atoms with E-state index in [2.05, 4.69) is 52.4 Å². The Bertz CT molecular complexity index is 535. The molecule has 1 aliphatic rings. The Morgan fingerprint density at radius 2 is 1.84 bits per heavy atom. The lowest BCUT2D eigenvalue weighted by Gasteiger charge is -2.24. The van der Waals surface area contributed by atoms with E-state index in [9.17, 15) is 0 Å². The molecule has 2 heterocycles. The van der Waals surface area contributed by atoms with Gasteiger partial charge < -0.3 is 0 Å². The fourth-order valence-corrected chi connectivity index (χ4v) is 2.84. The van der Waals surface area contributed by atoms with Gasteiger partial charge in [0.05, 0.1) is 5.69 Å². The minimum absolute atomic E-state index is 0.525. The van der Waals surface area contributed by atoms with E-state index in [4.69, 9.17) is 0 Å². The molecule has 0 amide bonds. The summed E-state index contributed by atoms with van der Waals surface area (Å²) in [5.74, 6) is 0. The zero-order valence-corrected chi connectivity index (χ0v) is 11.7. The Hall–Kier alpha value is -1.61. The van der Waals surface area contributed by atoms with E-state index in [0.717, 1.165) is 11.4 Å². The third kappa shape index (κ3) is 2.56. The van der Waals surface area contributed by atoms with Gasteiger partial charge in [-0.3, -0.25) is 10.00 Å². The molecule has 1 atom stereocenters. The Morgan fingerprint density at radius 3 is 2.42 bits per heavy atom. The van der Waals surface area contributed by atoms with Gasteiger partial charge in [-0.05, 0) is 51.4 Å². The summed E-state index contributed by atoms with van der Waals surface area (Å²) in [6, 6.07) is 11.4. The number of rotatable bonds is 3. The molecule has 0 aliphatic carbocycles. The lowest BCUT2D eigenvalue weighted by molar-refractivity contribution is 0.263. The van der Waals surface area contributed by atoms with Crippen LogP contribution in [0, 0.1) is 6.92 Å². The maximum atomic E-state index is 4.30. The van der Waals surface area contributed by atoms with Crippen molar-refractivity contribution in [1.29, 1.82) is 0 Å². The van der Waals surface area contributed by atoms with Crippen molar-refractivity contribution in [1.82, 2.24) is 15.1 Å². The highest BCUT2D eigenvalue weighted by Crippen LogP contribution is 2.26. The number of benzene rings is 1. The van der Waals surface area contributed by atoms with Crippen LogP contribution < -0.4 is 0 Å². The summed E-state index contributed by atoms with van der Waals surface area (Å²) in [7, 11) is 0. The summed E-state index contributed by atoms with van der Waals surface area (Å²) < 4.78 is 0. The van der Waals surface area contributed by atoms with Crippen molar-refractivity contribution in [3.63, 3.8) is 0 Å². The summed E-state index contributed by atoms with van der Waals surface area (Å²) in [5.41, 5.74) is 4.71. The van der Waals surface area contributed by atoms with Gasteiger partial charge in [-0.15, -0.1) is 0 Å². The monoisotopic (exact) mass is 255 g/mol. The van der Waals surface area contributed by atoms with Gasteiger partial charge in [0.1, 0.15) is 0 Å². The van der Waals surface area contributed by atoms with Gasteiger partial charge in [0.15, 0.2) is 0 Å². The van der Waals surface area contributed by atoms with Gasteiger partial charge in [-0.25, -0.2) is 0 Å². The molecule has 1 N–H and O–H groups in total. The van der Waals surface area contributed by atoms with Crippen molar-refractivity contribution in [2.24, 2.45) is 0 Å². The first-order chi connectivity index (χ1) is 9.24. The highest BCUT2D eigenvalue weighted by atomic mass is 15.2. The average molecular weight is 255 g/mol. The predicted octanol–water partition coefficient (Wildman–Crippen LogP) is 3.54. The smallest absolute Gasteiger partial charge is 0.0923 e. The molecule has 1 aliphatic heterocycles. The first kappa shape index (κ1) is 12.4. The molecular weight excluding hydrogens is 234 g/mol. The van der Waals surface area contributed by atoms with Crippen molar-refractivity contribution in [2.45, 2.75) is 32.7 Å². The van der Waals surface area contributed by atoms with E-state index in [1.807, 2.05) is 6.92 Å². The molecule has 1 aromatic heterocycles. The summed E-state index contributed by atoms with van der Waals surface area (Å²) in [5, 5.41) is 7.29. The van der Waals surface area contributed by atoms with E-state index >= 15 is 0 Å². The van der Waals surface area contributed by atoms with Gasteiger partial charge in [-0.1, -0.05) is 24.3 Å². The number of nitrogens with one attached hydrogen (secondary N) is 1. The minimum Gasteiger partial charge on any atom is -0.297 e. The van der Waals surface area contributed by atoms with Crippen LogP contribution in [0.1, 0.15) is 37.1 Å². The average Bonchev–Trinajstić information content (AvgIpc) is 3.09. The van der Waals surface area contributed by atoms with Gasteiger partial charge >= 0.3 is 0 Å². The number of aromatic amines is 1. The van der Waals surface area contributed by atoms with Gasteiger partial charge in [-0.2, -0.15) is 5.10 Å². The lowest BCUT2D eigenvalue weighted by Crippen LogP contribution is -2.23. The summed E-state index contributed by atoms with van der Waals surface area (Å²) >= 11 is 0. The van der Waals surface area contributed by atoms with Crippen LogP contribution in [-0.2, 0) is 0 Å². The SMILES string of the molecule is Cc1cc(-c2ccc(C(C)N3CCCC3)cc2)n[nH]1. The Balaban J connectivity index is 1.78. The van der Waals surface area contributed by atoms with Crippen LogP contribution >= 0.6 is 0 Å². The normalized spacial score (nSPS) is 17.8. The molecule has 1 fully saturated rings. The standard InChI is InChI=1S/C16H21N3/c1-12-11-16(18-17-12)15-7-5-14(6-8-15)13(2)19-9-3-4-10-19/h5-8,11,13H,3-4,9-10H2,1-2H3,(H,17,18). The molecule has 0 saturated carbocycles. The maximum absolute atomic E-state index is 4.30. The van der Waals surface area contributed by atoms with Crippen molar-refractivity contribution < 1.29 is 0 Å². The number of H-pyrrole nitrogens is 1. The first-order valence-corrected chi connectivity index (χ1v) is 7.10. The van der Waals surface area contributed by atoms with Crippen LogP contribution in [0.3, 0.4) is 0 Å². The Labute approximate surface area is 114 Å². The Kier molecular flexibility index (Phi) is 3.38. The third-order valence-electron chi connectivity index (χ3n) is 4.08. The second-order valence-electron chi connectivity index (χ2n) is 5.48. The van der Waals surface area contributed by atoms with E-state index in [0.29, 0.717) is 6.04 Å². The van der Waals surface area contributed by atoms with Crippen molar-refractivity contribution in [3.8, 4) is 11.3 Å². The van der Waals surface area contributed by atoms with E-state index in [1.54, 1.807) is 0 Å². The highest BCUT2D eigenvalue weighted by Gasteiger charge is 2.19. The quantitative estimate of drug-likeness (QED) is 0.909. The number of likely N-dealkylation sites (tertiary alicyclic amines) is 1. The van der Waals surface area contributed by atoms with Crippen LogP contribution in [0.5, 0.6) is 0 Å². The zero-order chi connectivity index (χ0) is 13.2. The van der Waals surface area contributed by atoms with Crippen LogP contribution in [-0.4, -0.2) is 28.2 Å². The molecule has 3 heteroatoms. The maximum Gasteiger partial charge on any atom is 0.0923 e. The third-order valence-corrected chi connectivity index (χ3v) is 4.08. The molecule has 0 bridgehead atoms. The number of aromatic nitrogens is 2. The molecule has 19 heavy (non-hydrogen) atoms. The molecule has 1 saturated heterocycles. The zero-order valence-electron chi connectivity index (χ0n) is 11.7. The van der Waals surface area contributed by atoms with Crippen molar-refractivity contribution in [2.75, 3.05) is 13.1 Å². The van der Waals surface area contributed by atoms with Gasteiger partial charge in [0.25, 0.3) is 0 Å². The molecule has 0 radical (unpaired) electrons. The second-order valence-corrected chi connectivity index (χ2v) is 5.48. The molecule has 3 nitrogen and oxygen atoms in total. The molecule has 2 aromatic rings. The van der Waals surface area contributed by atoms with Crippen molar-refractivity contribution >= 4 is 0 Å². The highest BCUT2D eigenvalue weighted by molar-refractivity contribution is 5.59. The number of hydrogen-bond acceptors (Lipinski definition) is 2. The first-order valence-electron chi connectivity index (χ1n) is 7.10. The summed E-state index contributed by atoms with van der Waals surface area (Å²) in [6.45, 7) is 6.81. The van der Waals surface area contributed by atoms with Gasteiger partial charge in [0.2, 0.25) is 0 Å². The molecule has 1 unspecified atom stereocenters. The predicted molar refractivity (Wildman–Crippen MR) is 78.0 cm³/mol. The van der Waals surface area contributed by atoms with E-state index in [1.165, 1.54) is 37.1 Å². The lowest BCUT2D eigenvalue weighted by atomic mass is 10.0. The van der Waals surface area contributed by atoms with E-state index in [-0.39, 0.29) is 0 Å². The molecule has 3 rings (SSSR count). The fraction of sp³-hybridized carbons (Fsp3) is 0.438. The fourth-order valence-electron chi connectivity index (χ4n) is 2.84. The summed E-state index contributed by atoms with van der Waals surface area (Å²) in [4.78, 5) is 2.56. The largest absolute Gasteiger partial charge is 0.297 e. The van der Waals surface area contributed by atoms with Crippen molar-refractivity contribution in [3.05, 3.63) is 41.6 Å².